The number of hydrogen-bond donors (Lipinski definition) is 3. The summed E-state index contributed by atoms with van der Waals surface area (Å²) in [7, 11) is 0. The molecule has 0 heterocycles. The Hall–Kier alpha value is -0.680. The van der Waals surface area contributed by atoms with Gasteiger partial charge in [0.25, 0.3) is 0 Å². The van der Waals surface area contributed by atoms with Gasteiger partial charge in [0, 0.05) is 6.54 Å². The van der Waals surface area contributed by atoms with E-state index in [-0.39, 0.29) is 0 Å². The first-order valence-corrected chi connectivity index (χ1v) is 1.91. The Labute approximate surface area is 41.3 Å². The lowest BCUT2D eigenvalue weighted by molar-refractivity contribution is -0.145. The highest BCUT2D eigenvalue weighted by Gasteiger charge is 1.83. The van der Waals surface area contributed by atoms with Crippen LogP contribution in [-0.4, -0.2) is 17.0 Å². The second kappa shape index (κ2) is 3.51. The summed E-state index contributed by atoms with van der Waals surface area (Å²) in [6.45, 7) is 2.34. The maximum Gasteiger partial charge on any atom is 0.0162 e. The third-order valence-corrected chi connectivity index (χ3v) is 0.394. The molecule has 42 valence electrons. The maximum absolute atomic E-state index is 8.23. The van der Waals surface area contributed by atoms with E-state index in [9.17, 15) is 0 Å². The smallest absolute Gasteiger partial charge is 0.0162 e. The van der Waals surface area contributed by atoms with Crippen molar-refractivity contribution < 1.29 is 5.21 Å². The van der Waals surface area contributed by atoms with Gasteiger partial charge in [0.15, 0.2) is 0 Å². The highest BCUT2D eigenvalue weighted by Crippen LogP contribution is 1.68. The topological polar surface area (TPSA) is 71.7 Å². The molecule has 0 saturated carbocycles. The number of hydrogen-bond acceptors (Lipinski definition) is 4. The molecule has 0 rings (SSSR count). The minimum Gasteiger partial charge on any atom is -0.256 e. The third kappa shape index (κ3) is 3.14. The Kier molecular flexibility index (Phi) is 3.17. The summed E-state index contributed by atoms with van der Waals surface area (Å²) in [6.07, 6.45) is 0. The fourth-order valence-corrected chi connectivity index (χ4v) is 0.177. The van der Waals surface area contributed by atoms with E-state index in [0.717, 1.165) is 0 Å². The van der Waals surface area contributed by atoms with Crippen LogP contribution in [0.15, 0.2) is 5.22 Å². The van der Waals surface area contributed by atoms with Gasteiger partial charge < -0.3 is 0 Å². The van der Waals surface area contributed by atoms with Gasteiger partial charge in [0.1, 0.15) is 0 Å². The molecule has 5 nitrogen and oxygen atoms in total. The molecule has 7 heavy (non-hydrogen) atoms. The van der Waals surface area contributed by atoms with E-state index in [0.29, 0.717) is 11.8 Å². The van der Waals surface area contributed by atoms with Crippen molar-refractivity contribution in [2.24, 2.45) is 5.22 Å². The van der Waals surface area contributed by atoms with E-state index in [2.05, 4.69) is 10.6 Å². The Morgan fingerprint density at radius 2 is 2.57 bits per heavy atom. The number of hydrazine groups is 1. The lowest BCUT2D eigenvalue weighted by Crippen LogP contribution is -2.28. The average molecular weight is 104 g/mol. The van der Waals surface area contributed by atoms with Gasteiger partial charge in [0.05, 0.1) is 0 Å². The van der Waals surface area contributed by atoms with Gasteiger partial charge in [-0.1, -0.05) is 12.2 Å². The minimum atomic E-state index is 0.347. The van der Waals surface area contributed by atoms with Crippen molar-refractivity contribution in [3.63, 3.8) is 0 Å². The predicted octanol–water partition coefficient (Wildman–Crippen LogP) is 0.148. The van der Waals surface area contributed by atoms with Crippen LogP contribution in [0.25, 0.3) is 0 Å². The van der Waals surface area contributed by atoms with Crippen LogP contribution in [0.2, 0.25) is 0 Å². The Bertz CT molecular complexity index is 55.7. The van der Waals surface area contributed by atoms with Crippen LogP contribution in [0.4, 0.5) is 0 Å². The molecule has 5 heteroatoms. The molecule has 0 radical (unpaired) electrons. The van der Waals surface area contributed by atoms with Crippen LogP contribution in [0.1, 0.15) is 6.92 Å². The Balaban J connectivity index is 2.98. The lowest BCUT2D eigenvalue weighted by Gasteiger charge is -2.04. The fraction of sp³-hybridized carbons (Fsp3) is 1.00. The zero-order chi connectivity index (χ0) is 5.70. The van der Waals surface area contributed by atoms with Crippen molar-refractivity contribution in [2.75, 3.05) is 6.54 Å². The number of rotatable bonds is 3. The van der Waals surface area contributed by atoms with Crippen molar-refractivity contribution in [3.8, 4) is 0 Å². The molecule has 0 amide bonds. The Morgan fingerprint density at radius 3 is 2.71 bits per heavy atom. The van der Waals surface area contributed by atoms with Crippen LogP contribution in [0, 0.1) is 5.53 Å². The fourth-order valence-electron chi connectivity index (χ4n) is 0.177. The highest BCUT2D eigenvalue weighted by molar-refractivity contribution is 4.16. The molecule has 0 unspecified atom stereocenters. The molecular weight excluding hydrogens is 96.0 g/mol. The number of nitrogens with zero attached hydrogens (tertiary/aromatic N) is 2. The third-order valence-electron chi connectivity index (χ3n) is 0.394. The van der Waals surface area contributed by atoms with Gasteiger partial charge in [0.2, 0.25) is 0 Å². The highest BCUT2D eigenvalue weighted by atomic mass is 16.6. The standard InChI is InChI=1S/C2H8N4O/c1-2-4-6(7)5-3/h3-4,7H,2H2,1H3. The van der Waals surface area contributed by atoms with E-state index < -0.39 is 0 Å². The summed E-state index contributed by atoms with van der Waals surface area (Å²) in [6, 6.07) is 0. The first kappa shape index (κ1) is 6.32. The first-order chi connectivity index (χ1) is 3.31. The van der Waals surface area contributed by atoms with Crippen LogP contribution >= 0.6 is 0 Å². The van der Waals surface area contributed by atoms with Gasteiger partial charge in [-0.2, -0.15) is 11.0 Å². The summed E-state index contributed by atoms with van der Waals surface area (Å²) in [5.41, 5.74) is 8.48. The van der Waals surface area contributed by atoms with Crippen LogP contribution in [0.3, 0.4) is 0 Å². The van der Waals surface area contributed by atoms with E-state index in [1.165, 1.54) is 0 Å². The van der Waals surface area contributed by atoms with Gasteiger partial charge >= 0.3 is 0 Å². The van der Waals surface area contributed by atoms with Crippen molar-refractivity contribution in [1.82, 2.24) is 10.7 Å². The summed E-state index contributed by atoms with van der Waals surface area (Å²) in [5.74, 6) is 0. The predicted molar refractivity (Wildman–Crippen MR) is 22.4 cm³/mol. The molecule has 0 aliphatic heterocycles. The summed E-state index contributed by atoms with van der Waals surface area (Å²) in [4.78, 5) is 0. The molecular formula is C2H8N4O. The summed E-state index contributed by atoms with van der Waals surface area (Å²) >= 11 is 0. The Morgan fingerprint density at radius 1 is 2.00 bits per heavy atom. The first-order valence-electron chi connectivity index (χ1n) is 1.91. The SMILES string of the molecule is CCNN(O)N=N. The molecule has 0 spiro atoms. The molecule has 0 aromatic heterocycles. The molecule has 3 N–H and O–H groups in total. The maximum atomic E-state index is 8.23. The molecule has 0 aliphatic carbocycles. The van der Waals surface area contributed by atoms with E-state index in [1.54, 1.807) is 6.92 Å². The molecule has 0 atom stereocenters. The van der Waals surface area contributed by atoms with Gasteiger partial charge in [-0.3, -0.25) is 5.21 Å². The van der Waals surface area contributed by atoms with Crippen molar-refractivity contribution in [2.45, 2.75) is 6.92 Å². The zero-order valence-corrected chi connectivity index (χ0v) is 4.05. The number of nitrogens with one attached hydrogen (secondary N) is 2. The second-order valence-electron chi connectivity index (χ2n) is 0.901. The lowest BCUT2D eigenvalue weighted by atomic mass is 10.8. The van der Waals surface area contributed by atoms with Crippen molar-refractivity contribution in [3.05, 3.63) is 0 Å². The molecule has 0 bridgehead atoms. The molecule has 0 aromatic carbocycles. The monoisotopic (exact) mass is 104 g/mol. The van der Waals surface area contributed by atoms with Crippen molar-refractivity contribution >= 4 is 0 Å². The molecule has 0 aromatic rings. The van der Waals surface area contributed by atoms with Gasteiger partial charge in [-0.05, 0) is 5.22 Å². The van der Waals surface area contributed by atoms with Crippen LogP contribution in [-0.2, 0) is 0 Å². The second-order valence-corrected chi connectivity index (χ2v) is 0.901. The van der Waals surface area contributed by atoms with E-state index in [1.807, 2.05) is 0 Å². The average Bonchev–Trinajstić information content (AvgIpc) is 1.68. The summed E-state index contributed by atoms with van der Waals surface area (Å²) in [5, 5.41) is 11.2. The van der Waals surface area contributed by atoms with Gasteiger partial charge in [-0.15, -0.1) is 0 Å². The molecule has 0 aliphatic rings. The minimum absolute atomic E-state index is 0.347. The van der Waals surface area contributed by atoms with E-state index >= 15 is 0 Å². The zero-order valence-electron chi connectivity index (χ0n) is 4.05. The molecule has 0 fully saturated rings. The van der Waals surface area contributed by atoms with Gasteiger partial charge in [-0.25, -0.2) is 0 Å². The largest absolute Gasteiger partial charge is 0.256 e. The van der Waals surface area contributed by atoms with Crippen LogP contribution < -0.4 is 5.43 Å². The van der Waals surface area contributed by atoms with E-state index in [4.69, 9.17) is 10.7 Å². The summed E-state index contributed by atoms with van der Waals surface area (Å²) < 4.78 is 0. The normalized spacial score (nSPS) is 8.29. The molecule has 0 saturated heterocycles. The quantitative estimate of drug-likeness (QED) is 0.352. The van der Waals surface area contributed by atoms with Crippen molar-refractivity contribution in [1.29, 1.82) is 5.53 Å². The van der Waals surface area contributed by atoms with Crippen LogP contribution in [0.5, 0.6) is 0 Å².